The van der Waals surface area contributed by atoms with Gasteiger partial charge in [-0.1, -0.05) is 35.9 Å². The summed E-state index contributed by atoms with van der Waals surface area (Å²) < 4.78 is 7.22. The fourth-order valence-electron chi connectivity index (χ4n) is 3.15. The Morgan fingerprint density at radius 1 is 1.20 bits per heavy atom. The van der Waals surface area contributed by atoms with Gasteiger partial charge in [-0.3, -0.25) is 14.2 Å². The zero-order valence-corrected chi connectivity index (χ0v) is 15.1. The minimum absolute atomic E-state index is 0.165. The first-order chi connectivity index (χ1) is 11.9. The van der Waals surface area contributed by atoms with Gasteiger partial charge >= 0.3 is 0 Å². The van der Waals surface area contributed by atoms with Gasteiger partial charge in [0, 0.05) is 16.6 Å². The summed E-state index contributed by atoms with van der Waals surface area (Å²) in [4.78, 5) is 24.2. The number of para-hydroxylation sites is 1. The molecule has 0 saturated carbocycles. The van der Waals surface area contributed by atoms with Crippen LogP contribution in [0, 0.1) is 20.8 Å². The summed E-state index contributed by atoms with van der Waals surface area (Å²) in [5.74, 6) is 0.253. The van der Waals surface area contributed by atoms with Gasteiger partial charge in [0.05, 0.1) is 10.5 Å². The van der Waals surface area contributed by atoms with Gasteiger partial charge in [0.1, 0.15) is 5.75 Å². The molecule has 0 unspecified atom stereocenters. The van der Waals surface area contributed by atoms with Crippen LogP contribution in [0.4, 0.5) is 0 Å². The molecule has 5 heteroatoms. The van der Waals surface area contributed by atoms with Gasteiger partial charge in [-0.05, 0) is 44.0 Å². The predicted octanol–water partition coefficient (Wildman–Crippen LogP) is 4.75. The number of halogens is 1. The molecule has 0 aliphatic heterocycles. The molecule has 128 valence electrons. The lowest BCUT2D eigenvalue weighted by atomic mass is 10.1. The monoisotopic (exact) mass is 355 g/mol. The van der Waals surface area contributed by atoms with E-state index in [0.717, 1.165) is 22.8 Å². The Hall–Kier alpha value is -2.59. The minimum Gasteiger partial charge on any atom is -0.482 e. The third-order valence-electron chi connectivity index (χ3n) is 4.24. The van der Waals surface area contributed by atoms with E-state index in [0.29, 0.717) is 27.5 Å². The van der Waals surface area contributed by atoms with E-state index in [1.54, 1.807) is 13.0 Å². The number of aryl methyl sites for hydroxylation is 2. The van der Waals surface area contributed by atoms with Gasteiger partial charge in [0.15, 0.2) is 12.9 Å². The number of carbonyl (C=O) groups is 2. The highest BCUT2D eigenvalue weighted by Crippen LogP contribution is 2.30. The van der Waals surface area contributed by atoms with E-state index >= 15 is 0 Å². The molecular weight excluding hydrogens is 338 g/mol. The average Bonchev–Trinajstić information content (AvgIpc) is 2.84. The molecular formula is C20H18ClNO3. The quantitative estimate of drug-likeness (QED) is 0.634. The number of aldehydes is 1. The second-order valence-corrected chi connectivity index (χ2v) is 6.45. The van der Waals surface area contributed by atoms with Crippen LogP contribution in [-0.4, -0.2) is 23.4 Å². The van der Waals surface area contributed by atoms with Gasteiger partial charge < -0.3 is 4.74 Å². The Kier molecular flexibility index (Phi) is 4.64. The van der Waals surface area contributed by atoms with Gasteiger partial charge in [-0.25, -0.2) is 0 Å². The van der Waals surface area contributed by atoms with Crippen molar-refractivity contribution >= 4 is 34.7 Å². The molecule has 3 rings (SSSR count). The maximum atomic E-state index is 12.8. The number of rotatable bonds is 4. The third-order valence-corrected chi connectivity index (χ3v) is 4.52. The first-order valence-corrected chi connectivity index (χ1v) is 8.29. The Morgan fingerprint density at radius 2 is 1.92 bits per heavy atom. The smallest absolute Gasteiger partial charge is 0.269 e. The molecule has 0 saturated heterocycles. The van der Waals surface area contributed by atoms with Crippen molar-refractivity contribution in [2.24, 2.45) is 0 Å². The van der Waals surface area contributed by atoms with Crippen molar-refractivity contribution < 1.29 is 14.3 Å². The fraction of sp³-hybridized carbons (Fsp3) is 0.200. The van der Waals surface area contributed by atoms with Crippen LogP contribution in [0.1, 0.15) is 32.0 Å². The maximum absolute atomic E-state index is 12.8. The van der Waals surface area contributed by atoms with Crippen LogP contribution in [0.2, 0.25) is 5.02 Å². The summed E-state index contributed by atoms with van der Waals surface area (Å²) in [5, 5.41) is 1.24. The second-order valence-electron chi connectivity index (χ2n) is 6.04. The van der Waals surface area contributed by atoms with Crippen molar-refractivity contribution in [2.45, 2.75) is 20.8 Å². The predicted molar refractivity (Wildman–Crippen MR) is 99.1 cm³/mol. The summed E-state index contributed by atoms with van der Waals surface area (Å²) in [6.45, 7) is 5.43. The topological polar surface area (TPSA) is 48.3 Å². The van der Waals surface area contributed by atoms with E-state index < -0.39 is 0 Å². The molecule has 0 aliphatic carbocycles. The Bertz CT molecular complexity index is 965. The molecule has 1 heterocycles. The van der Waals surface area contributed by atoms with Crippen LogP contribution in [-0.2, 0) is 0 Å². The minimum atomic E-state index is -0.252. The zero-order chi connectivity index (χ0) is 18.1. The standard InChI is InChI=1S/C20H18ClNO3/c1-12-8-13(2)20(17(21)9-12)25-11-19(24)22-14(3)16(10-23)15-6-4-5-7-18(15)22/h4-10H,11H2,1-3H3. The maximum Gasteiger partial charge on any atom is 0.269 e. The van der Waals surface area contributed by atoms with Crippen molar-refractivity contribution in [1.82, 2.24) is 4.57 Å². The van der Waals surface area contributed by atoms with Gasteiger partial charge in [0.25, 0.3) is 5.91 Å². The molecule has 0 radical (unpaired) electrons. The Labute approximate surface area is 151 Å². The Morgan fingerprint density at radius 3 is 2.60 bits per heavy atom. The lowest BCUT2D eigenvalue weighted by molar-refractivity contribution is 0.0840. The van der Waals surface area contributed by atoms with Crippen molar-refractivity contribution in [3.8, 4) is 5.75 Å². The van der Waals surface area contributed by atoms with Crippen LogP contribution >= 0.6 is 11.6 Å². The van der Waals surface area contributed by atoms with E-state index in [1.165, 1.54) is 4.57 Å². The highest BCUT2D eigenvalue weighted by atomic mass is 35.5. The summed E-state index contributed by atoms with van der Waals surface area (Å²) in [7, 11) is 0. The number of nitrogens with zero attached hydrogens (tertiary/aromatic N) is 1. The number of hydrogen-bond donors (Lipinski definition) is 0. The van der Waals surface area contributed by atoms with Crippen molar-refractivity contribution in [2.75, 3.05) is 6.61 Å². The van der Waals surface area contributed by atoms with Crippen molar-refractivity contribution in [3.05, 3.63) is 63.8 Å². The molecule has 0 atom stereocenters. The number of ether oxygens (including phenoxy) is 1. The largest absolute Gasteiger partial charge is 0.482 e. The van der Waals surface area contributed by atoms with Crippen LogP contribution < -0.4 is 4.74 Å². The van der Waals surface area contributed by atoms with E-state index in [-0.39, 0.29) is 12.5 Å². The molecule has 25 heavy (non-hydrogen) atoms. The number of fused-ring (bicyclic) bond motifs is 1. The molecule has 0 fully saturated rings. The molecule has 0 bridgehead atoms. The first-order valence-electron chi connectivity index (χ1n) is 7.92. The van der Waals surface area contributed by atoms with Crippen LogP contribution in [0.25, 0.3) is 10.9 Å². The van der Waals surface area contributed by atoms with E-state index in [2.05, 4.69) is 0 Å². The lowest BCUT2D eigenvalue weighted by Crippen LogP contribution is -2.20. The normalized spacial score (nSPS) is 10.9. The SMILES string of the molecule is Cc1cc(C)c(OCC(=O)n2c(C)c(C=O)c3ccccc32)c(Cl)c1. The molecule has 0 spiro atoms. The molecule has 1 aromatic heterocycles. The number of benzene rings is 2. The number of hydrogen-bond acceptors (Lipinski definition) is 3. The summed E-state index contributed by atoms with van der Waals surface area (Å²) >= 11 is 6.23. The highest BCUT2D eigenvalue weighted by Gasteiger charge is 2.19. The number of carbonyl (C=O) groups excluding carboxylic acids is 2. The average molecular weight is 356 g/mol. The first kappa shape index (κ1) is 17.2. The summed E-state index contributed by atoms with van der Waals surface area (Å²) in [5.41, 5.74) is 3.73. The third kappa shape index (κ3) is 3.05. The van der Waals surface area contributed by atoms with Crippen LogP contribution in [0.5, 0.6) is 5.75 Å². The summed E-state index contributed by atoms with van der Waals surface area (Å²) in [6.07, 6.45) is 0.781. The molecule has 3 aromatic rings. The molecule has 0 aliphatic rings. The van der Waals surface area contributed by atoms with Gasteiger partial charge in [0.2, 0.25) is 0 Å². The fourth-order valence-corrected chi connectivity index (χ4v) is 3.52. The van der Waals surface area contributed by atoms with Gasteiger partial charge in [-0.2, -0.15) is 0 Å². The molecule has 4 nitrogen and oxygen atoms in total. The zero-order valence-electron chi connectivity index (χ0n) is 14.3. The molecule has 2 aromatic carbocycles. The molecule has 0 amide bonds. The van der Waals surface area contributed by atoms with Crippen molar-refractivity contribution in [1.29, 1.82) is 0 Å². The van der Waals surface area contributed by atoms with Gasteiger partial charge in [-0.15, -0.1) is 0 Å². The van der Waals surface area contributed by atoms with Crippen LogP contribution in [0.15, 0.2) is 36.4 Å². The lowest BCUT2D eigenvalue weighted by Gasteiger charge is -2.13. The van der Waals surface area contributed by atoms with Crippen LogP contribution in [0.3, 0.4) is 0 Å². The van der Waals surface area contributed by atoms with E-state index in [4.69, 9.17) is 16.3 Å². The second kappa shape index (κ2) is 6.73. The van der Waals surface area contributed by atoms with Crippen molar-refractivity contribution in [3.63, 3.8) is 0 Å². The summed E-state index contributed by atoms with van der Waals surface area (Å²) in [6, 6.07) is 11.1. The highest BCUT2D eigenvalue weighted by molar-refractivity contribution is 6.32. The van der Waals surface area contributed by atoms with E-state index in [9.17, 15) is 9.59 Å². The number of aromatic nitrogens is 1. The molecule has 0 N–H and O–H groups in total. The Balaban J connectivity index is 1.94. The van der Waals surface area contributed by atoms with E-state index in [1.807, 2.05) is 44.2 Å².